The van der Waals surface area contributed by atoms with Gasteiger partial charge in [0.25, 0.3) is 0 Å². The molecule has 4 nitrogen and oxygen atoms in total. The molecule has 21 heavy (non-hydrogen) atoms. The number of guanidine groups is 1. The maximum absolute atomic E-state index is 4.54. The monoisotopic (exact) mass is 310 g/mol. The first kappa shape index (κ1) is 18.0. The van der Waals surface area contributed by atoms with Gasteiger partial charge in [0.2, 0.25) is 0 Å². The van der Waals surface area contributed by atoms with Gasteiger partial charge < -0.3 is 10.6 Å². The lowest BCUT2D eigenvalue weighted by Gasteiger charge is -2.22. The molecule has 0 aliphatic rings. The fourth-order valence-corrected chi connectivity index (χ4v) is 2.80. The summed E-state index contributed by atoms with van der Waals surface area (Å²) in [5.41, 5.74) is 1.50. The second-order valence-corrected chi connectivity index (χ2v) is 8.11. The summed E-state index contributed by atoms with van der Waals surface area (Å²) in [5.74, 6) is 0.849. The molecule has 0 fully saturated rings. The largest absolute Gasteiger partial charge is 0.354 e. The second kappa shape index (κ2) is 7.78. The summed E-state index contributed by atoms with van der Waals surface area (Å²) >= 11 is 1.74. The summed E-state index contributed by atoms with van der Waals surface area (Å²) in [6.45, 7) is 13.9. The number of rotatable bonds is 5. The van der Waals surface area contributed by atoms with E-state index in [0.717, 1.165) is 29.6 Å². The van der Waals surface area contributed by atoms with Crippen molar-refractivity contribution in [1.82, 2.24) is 15.6 Å². The summed E-state index contributed by atoms with van der Waals surface area (Å²) in [6.07, 6.45) is 2.34. The fourth-order valence-electron chi connectivity index (χ4n) is 1.92. The Morgan fingerprint density at radius 1 is 1.33 bits per heavy atom. The van der Waals surface area contributed by atoms with Gasteiger partial charge in [-0.1, -0.05) is 20.8 Å². The molecule has 0 aliphatic heterocycles. The Hall–Kier alpha value is -1.10. The molecule has 0 bridgehead atoms. The molecule has 0 saturated heterocycles. The van der Waals surface area contributed by atoms with E-state index in [1.165, 1.54) is 11.3 Å². The van der Waals surface area contributed by atoms with Crippen molar-refractivity contribution in [2.45, 2.75) is 67.0 Å². The first-order chi connectivity index (χ1) is 9.71. The first-order valence-electron chi connectivity index (χ1n) is 7.61. The minimum absolute atomic E-state index is 0.378. The molecule has 1 rings (SSSR count). The summed E-state index contributed by atoms with van der Waals surface area (Å²) < 4.78 is 0. The van der Waals surface area contributed by atoms with Crippen molar-refractivity contribution in [3.05, 3.63) is 15.6 Å². The Morgan fingerprint density at radius 2 is 2.00 bits per heavy atom. The van der Waals surface area contributed by atoms with Crippen molar-refractivity contribution in [3.8, 4) is 0 Å². The van der Waals surface area contributed by atoms with E-state index in [2.05, 4.69) is 62.2 Å². The molecular weight excluding hydrogens is 280 g/mol. The van der Waals surface area contributed by atoms with Crippen molar-refractivity contribution in [2.24, 2.45) is 10.4 Å². The molecular formula is C16H30N4S. The summed E-state index contributed by atoms with van der Waals surface area (Å²) in [7, 11) is 1.81. The zero-order valence-corrected chi connectivity index (χ0v) is 15.3. The van der Waals surface area contributed by atoms with Gasteiger partial charge >= 0.3 is 0 Å². The summed E-state index contributed by atoms with van der Waals surface area (Å²) in [5, 5.41) is 7.89. The lowest BCUT2D eigenvalue weighted by Crippen LogP contribution is -2.42. The van der Waals surface area contributed by atoms with Crippen LogP contribution in [0, 0.1) is 19.3 Å². The predicted molar refractivity (Wildman–Crippen MR) is 93.1 cm³/mol. The van der Waals surface area contributed by atoms with Crippen molar-refractivity contribution < 1.29 is 0 Å². The van der Waals surface area contributed by atoms with Crippen LogP contribution < -0.4 is 10.6 Å². The third-order valence-electron chi connectivity index (χ3n) is 3.41. The van der Waals surface area contributed by atoms with E-state index in [9.17, 15) is 0 Å². The number of nitrogens with one attached hydrogen (secondary N) is 2. The third kappa shape index (κ3) is 6.93. The van der Waals surface area contributed by atoms with Gasteiger partial charge in [0.05, 0.1) is 12.2 Å². The highest BCUT2D eigenvalue weighted by molar-refractivity contribution is 7.11. The van der Waals surface area contributed by atoms with Crippen LogP contribution >= 0.6 is 11.3 Å². The highest BCUT2D eigenvalue weighted by Crippen LogP contribution is 2.21. The molecule has 0 aromatic carbocycles. The van der Waals surface area contributed by atoms with Gasteiger partial charge in [-0.3, -0.25) is 4.99 Å². The molecule has 0 amide bonds. The number of aromatic nitrogens is 1. The normalized spacial score (nSPS) is 14.1. The Kier molecular flexibility index (Phi) is 6.65. The van der Waals surface area contributed by atoms with E-state index in [4.69, 9.17) is 0 Å². The molecule has 1 aromatic heterocycles. The van der Waals surface area contributed by atoms with Crippen molar-refractivity contribution >= 4 is 17.3 Å². The van der Waals surface area contributed by atoms with E-state index >= 15 is 0 Å². The van der Waals surface area contributed by atoms with Crippen LogP contribution in [0.3, 0.4) is 0 Å². The molecule has 0 saturated carbocycles. The molecule has 0 radical (unpaired) electrons. The quantitative estimate of drug-likeness (QED) is 0.645. The number of hydrogen-bond donors (Lipinski definition) is 2. The number of aliphatic imine (C=N–C) groups is 1. The molecule has 0 spiro atoms. The second-order valence-electron chi connectivity index (χ2n) is 6.82. The van der Waals surface area contributed by atoms with Gasteiger partial charge in [-0.2, -0.15) is 0 Å². The highest BCUT2D eigenvalue weighted by Gasteiger charge is 2.13. The standard InChI is InChI=1S/C16H30N4S/c1-11(8-9-16(4,5)6)19-15(17-7)18-10-14-20-12(2)13(3)21-14/h11H,8-10H2,1-7H3,(H2,17,18,19). The predicted octanol–water partition coefficient (Wildman–Crippen LogP) is 3.64. The molecule has 120 valence electrons. The molecule has 5 heteroatoms. The van der Waals surface area contributed by atoms with Crippen LogP contribution in [0.25, 0.3) is 0 Å². The average Bonchev–Trinajstić information content (AvgIpc) is 2.70. The van der Waals surface area contributed by atoms with Gasteiger partial charge in [0.1, 0.15) is 5.01 Å². The first-order valence-corrected chi connectivity index (χ1v) is 8.43. The van der Waals surface area contributed by atoms with Crippen LogP contribution in [0.1, 0.15) is 56.1 Å². The van der Waals surface area contributed by atoms with E-state index in [0.29, 0.717) is 11.5 Å². The maximum atomic E-state index is 4.54. The lowest BCUT2D eigenvalue weighted by atomic mass is 9.89. The van der Waals surface area contributed by atoms with Gasteiger partial charge in [-0.25, -0.2) is 4.98 Å². The summed E-state index contributed by atoms with van der Waals surface area (Å²) in [6, 6.07) is 0.412. The van der Waals surface area contributed by atoms with Gasteiger partial charge in [-0.15, -0.1) is 11.3 Å². The van der Waals surface area contributed by atoms with Gasteiger partial charge in [0, 0.05) is 18.0 Å². The Labute approximate surface area is 133 Å². The van der Waals surface area contributed by atoms with E-state index in [1.807, 2.05) is 7.05 Å². The topological polar surface area (TPSA) is 49.3 Å². The smallest absolute Gasteiger partial charge is 0.191 e. The zero-order valence-electron chi connectivity index (χ0n) is 14.5. The minimum atomic E-state index is 0.378. The number of nitrogens with zero attached hydrogens (tertiary/aromatic N) is 2. The van der Waals surface area contributed by atoms with Crippen molar-refractivity contribution in [1.29, 1.82) is 0 Å². The fraction of sp³-hybridized carbons (Fsp3) is 0.750. The Bertz CT molecular complexity index is 452. The number of aryl methyl sites for hydroxylation is 2. The SMILES string of the molecule is CN=C(NCc1nc(C)c(C)s1)NC(C)CCC(C)(C)C. The van der Waals surface area contributed by atoms with E-state index in [-0.39, 0.29) is 0 Å². The lowest BCUT2D eigenvalue weighted by molar-refractivity contribution is 0.346. The van der Waals surface area contributed by atoms with Crippen molar-refractivity contribution in [2.75, 3.05) is 7.05 Å². The highest BCUT2D eigenvalue weighted by atomic mass is 32.1. The Balaban J connectivity index is 2.41. The van der Waals surface area contributed by atoms with Gasteiger partial charge in [0.15, 0.2) is 5.96 Å². The van der Waals surface area contributed by atoms with Crippen LogP contribution in [-0.4, -0.2) is 24.0 Å². The van der Waals surface area contributed by atoms with Crippen LogP contribution in [0.4, 0.5) is 0 Å². The van der Waals surface area contributed by atoms with Crippen LogP contribution in [-0.2, 0) is 6.54 Å². The number of thiazole rings is 1. The molecule has 0 aliphatic carbocycles. The molecule has 2 N–H and O–H groups in total. The van der Waals surface area contributed by atoms with Crippen LogP contribution in [0.5, 0.6) is 0 Å². The molecule has 1 heterocycles. The van der Waals surface area contributed by atoms with Crippen LogP contribution in [0.15, 0.2) is 4.99 Å². The zero-order chi connectivity index (χ0) is 16.0. The van der Waals surface area contributed by atoms with E-state index in [1.54, 1.807) is 11.3 Å². The average molecular weight is 311 g/mol. The maximum Gasteiger partial charge on any atom is 0.191 e. The van der Waals surface area contributed by atoms with E-state index < -0.39 is 0 Å². The third-order valence-corrected chi connectivity index (χ3v) is 4.49. The molecule has 1 aromatic rings. The number of hydrogen-bond acceptors (Lipinski definition) is 3. The molecule has 1 atom stereocenters. The summed E-state index contributed by atoms with van der Waals surface area (Å²) in [4.78, 5) is 10.1. The van der Waals surface area contributed by atoms with Gasteiger partial charge in [-0.05, 0) is 39.0 Å². The Morgan fingerprint density at radius 3 is 2.48 bits per heavy atom. The minimum Gasteiger partial charge on any atom is -0.354 e. The van der Waals surface area contributed by atoms with Crippen molar-refractivity contribution in [3.63, 3.8) is 0 Å². The molecule has 1 unspecified atom stereocenters. The van der Waals surface area contributed by atoms with Crippen LogP contribution in [0.2, 0.25) is 0 Å².